The number of nitrogens with zero attached hydrogens (tertiary/aromatic N) is 2. The lowest BCUT2D eigenvalue weighted by Gasteiger charge is -2.49. The fourth-order valence-electron chi connectivity index (χ4n) is 13.1. The van der Waals surface area contributed by atoms with E-state index in [1.807, 2.05) is 31.2 Å². The first kappa shape index (κ1) is 64.6. The average Bonchev–Trinajstić information content (AvgIpc) is 4.20. The molecule has 5 aliphatic heterocycles. The Kier molecular flexibility index (Phi) is 22.9. The topological polar surface area (TPSA) is 152 Å². The van der Waals surface area contributed by atoms with Crippen LogP contribution >= 0.6 is 0 Å². The summed E-state index contributed by atoms with van der Waals surface area (Å²) in [5.74, 6) is 3.64. The molecule has 0 unspecified atom stereocenters. The summed E-state index contributed by atoms with van der Waals surface area (Å²) in [4.78, 5) is 23.5. The van der Waals surface area contributed by atoms with Crippen molar-refractivity contribution < 1.29 is 55.9 Å². The van der Waals surface area contributed by atoms with Crippen LogP contribution in [0.1, 0.15) is 163 Å². The molecule has 7 heterocycles. The van der Waals surface area contributed by atoms with Gasteiger partial charge in [-0.05, 0) is 87.2 Å². The van der Waals surface area contributed by atoms with Crippen molar-refractivity contribution in [3.63, 3.8) is 0 Å². The molecule has 8 bridgehead atoms. The van der Waals surface area contributed by atoms with Crippen LogP contribution in [0, 0.1) is 23.3 Å². The van der Waals surface area contributed by atoms with E-state index in [1.165, 1.54) is 0 Å². The number of hydrogen-bond donors (Lipinski definition) is 0. The normalized spacial score (nSPS) is 32.0. The SMILES string of the molecule is C=C1C[C@@H]2C[C@@H]3CCO[C@@H](O3)c3coc(n3)/C=C/C[C@H]3O[C@@H](/C(C)=C/c4coc(C[C@]5(C)C[C@H](OC)C[C@H]([C@H](/C=C(C)/C=C/[C@@H](CC#C[Si](C)(C)C)OC)O[Si](C(C)C)(C(C)C)C(C)C)O5)n4)[C@H](C)[C@@H](OC(=O)/C=C/C[C@@H](C1)O2)[C@H]3C. The fraction of sp³-hybridized carbons (Fsp3) is 0.677. The van der Waals surface area contributed by atoms with E-state index in [2.05, 4.69) is 125 Å². The van der Waals surface area contributed by atoms with E-state index < -0.39 is 46.5 Å². The van der Waals surface area contributed by atoms with Gasteiger partial charge in [-0.1, -0.05) is 123 Å². The van der Waals surface area contributed by atoms with Gasteiger partial charge in [0.25, 0.3) is 0 Å². The van der Waals surface area contributed by atoms with Crippen molar-refractivity contribution in [2.75, 3.05) is 20.8 Å². The highest BCUT2D eigenvalue weighted by molar-refractivity contribution is 6.83. The van der Waals surface area contributed by atoms with Crippen molar-refractivity contribution in [3.05, 3.63) is 95.4 Å². The van der Waals surface area contributed by atoms with Crippen LogP contribution < -0.4 is 0 Å². The molecular formula is C65H98N2O12Si2. The molecule has 4 fully saturated rings. The monoisotopic (exact) mass is 1150 g/mol. The molecule has 7 rings (SSSR count). The van der Waals surface area contributed by atoms with Gasteiger partial charge in [0.05, 0.1) is 73.6 Å². The van der Waals surface area contributed by atoms with Gasteiger partial charge in [0.15, 0.2) is 5.89 Å². The molecule has 16 heteroatoms. The Balaban J connectivity index is 1.11. The van der Waals surface area contributed by atoms with Gasteiger partial charge in [-0.25, -0.2) is 14.8 Å². The number of allylic oxidation sites excluding steroid dienone is 2. The molecule has 0 spiro atoms. The summed E-state index contributed by atoms with van der Waals surface area (Å²) in [5.41, 5.74) is 8.27. The van der Waals surface area contributed by atoms with E-state index in [-0.39, 0.29) is 60.7 Å². The minimum Gasteiger partial charge on any atom is -0.458 e. The van der Waals surface area contributed by atoms with Crippen LogP contribution in [0.2, 0.25) is 36.3 Å². The van der Waals surface area contributed by atoms with Gasteiger partial charge in [0.2, 0.25) is 20.5 Å². The Morgan fingerprint density at radius 3 is 2.33 bits per heavy atom. The first-order valence-corrected chi connectivity index (χ1v) is 35.7. The van der Waals surface area contributed by atoms with Gasteiger partial charge in [-0.15, -0.1) is 11.5 Å². The maximum atomic E-state index is 13.7. The first-order valence-electron chi connectivity index (χ1n) is 30.0. The van der Waals surface area contributed by atoms with Crippen LogP contribution in [-0.2, 0) is 53.5 Å². The smallest absolute Gasteiger partial charge is 0.330 e. The second-order valence-corrected chi connectivity index (χ2v) is 36.1. The number of oxazole rings is 2. The van der Waals surface area contributed by atoms with Crippen LogP contribution in [-0.4, -0.2) is 120 Å². The molecule has 0 saturated carbocycles. The number of fused-ring (bicyclic) bond motifs is 9. The molecule has 14 nitrogen and oxygen atoms in total. The van der Waals surface area contributed by atoms with Crippen molar-refractivity contribution in [2.45, 2.75) is 250 Å². The van der Waals surface area contributed by atoms with E-state index in [1.54, 1.807) is 32.8 Å². The molecule has 0 aliphatic carbocycles. The molecule has 2 aromatic heterocycles. The molecule has 0 N–H and O–H groups in total. The van der Waals surface area contributed by atoms with Gasteiger partial charge >= 0.3 is 5.97 Å². The van der Waals surface area contributed by atoms with Crippen LogP contribution in [0.4, 0.5) is 0 Å². The molecule has 2 aromatic rings. The van der Waals surface area contributed by atoms with Crippen LogP contribution in [0.5, 0.6) is 0 Å². The van der Waals surface area contributed by atoms with Gasteiger partial charge in [0, 0.05) is 57.8 Å². The number of rotatable bonds is 16. The largest absolute Gasteiger partial charge is 0.458 e. The summed E-state index contributed by atoms with van der Waals surface area (Å²) < 4.78 is 71.5. The van der Waals surface area contributed by atoms with Crippen LogP contribution in [0.15, 0.2) is 81.1 Å². The third kappa shape index (κ3) is 17.6. The van der Waals surface area contributed by atoms with Crippen molar-refractivity contribution in [1.29, 1.82) is 0 Å². The van der Waals surface area contributed by atoms with Crippen molar-refractivity contribution in [2.24, 2.45) is 11.8 Å². The zero-order chi connectivity index (χ0) is 58.8. The number of carbonyl (C=O) groups excluding carboxylic acids is 1. The minimum absolute atomic E-state index is 0.0497. The van der Waals surface area contributed by atoms with Gasteiger partial charge in [-0.2, -0.15) is 0 Å². The summed E-state index contributed by atoms with van der Waals surface area (Å²) in [6, 6.07) is 0. The fourth-order valence-corrected chi connectivity index (χ4v) is 19.3. The number of ether oxygens (including phenoxy) is 8. The van der Waals surface area contributed by atoms with E-state index >= 15 is 0 Å². The molecule has 448 valence electrons. The predicted octanol–water partition coefficient (Wildman–Crippen LogP) is 14.2. The lowest BCUT2D eigenvalue weighted by Crippen LogP contribution is -2.56. The Hall–Kier alpha value is -4.00. The molecule has 0 radical (unpaired) electrons. The van der Waals surface area contributed by atoms with Gasteiger partial charge in [-0.3, -0.25) is 0 Å². The zero-order valence-corrected chi connectivity index (χ0v) is 53.8. The third-order valence-electron chi connectivity index (χ3n) is 17.0. The molecule has 14 atom stereocenters. The van der Waals surface area contributed by atoms with Crippen molar-refractivity contribution >= 4 is 34.5 Å². The summed E-state index contributed by atoms with van der Waals surface area (Å²) in [6.45, 7) is 36.1. The zero-order valence-electron chi connectivity index (χ0n) is 51.8. The Bertz CT molecular complexity index is 2590. The second-order valence-electron chi connectivity index (χ2n) is 26.0. The molecular weight excluding hydrogens is 1060 g/mol. The Labute approximate surface area is 487 Å². The third-order valence-corrected chi connectivity index (χ3v) is 24.1. The van der Waals surface area contributed by atoms with Gasteiger partial charge < -0.3 is 51.2 Å². The van der Waals surface area contributed by atoms with E-state index in [0.717, 1.165) is 36.0 Å². The number of esters is 1. The summed E-state index contributed by atoms with van der Waals surface area (Å²) in [7, 11) is -0.372. The average molecular weight is 1160 g/mol. The lowest BCUT2D eigenvalue weighted by atomic mass is 9.79. The standard InChI is InChI=1S/C65H98N2O12Si2/c1-41(2)81(42(3)4,43(5)6)79-58(33-44(7)26-27-50(69-13)22-20-30-80(15,16)17)57-36-54(70-14)37-65(12,78-57)38-60-66-49(39-72-60)34-46(9)62-48(11)63-47(10)56(76-62)23-19-24-59-67-55(40-73-59)64-71-29-28-52(75-64)35-53-32-45(8)31-51(74-53)21-18-25-61(68)77-63/h18-19,24-27,33-34,39-43,47-48,50-54,56-58,62-64H,8,21-23,28-29,31-32,35-38H2,1-7,9-17H3/b24-19+,25-18+,27-26+,44-33+,46-34+/t47-,48-,50+,51-,52-,53+,54+,56+,57+,58-,62-,63-,64-,65-/m0/s1. The molecule has 0 aromatic carbocycles. The predicted molar refractivity (Wildman–Crippen MR) is 323 cm³/mol. The quantitative estimate of drug-likeness (QED) is 0.0515. The first-order chi connectivity index (χ1) is 38.4. The maximum absolute atomic E-state index is 13.7. The number of aromatic nitrogens is 2. The minimum atomic E-state index is -2.40. The summed E-state index contributed by atoms with van der Waals surface area (Å²) in [6.07, 6.45) is 22.6. The Morgan fingerprint density at radius 2 is 1.63 bits per heavy atom. The summed E-state index contributed by atoms with van der Waals surface area (Å²) >= 11 is 0. The van der Waals surface area contributed by atoms with Crippen LogP contribution in [0.25, 0.3) is 12.2 Å². The molecule has 5 aliphatic rings. The Morgan fingerprint density at radius 1 is 0.901 bits per heavy atom. The van der Waals surface area contributed by atoms with Gasteiger partial charge in [0.1, 0.15) is 38.1 Å². The molecule has 4 saturated heterocycles. The van der Waals surface area contributed by atoms with Crippen molar-refractivity contribution in [1.82, 2.24) is 9.97 Å². The number of methoxy groups -OCH3 is 2. The second kappa shape index (κ2) is 28.7. The number of carbonyl (C=O) groups is 1. The lowest BCUT2D eigenvalue weighted by molar-refractivity contribution is -0.227. The van der Waals surface area contributed by atoms with E-state index in [9.17, 15) is 4.79 Å². The van der Waals surface area contributed by atoms with Crippen molar-refractivity contribution in [3.8, 4) is 11.5 Å². The maximum Gasteiger partial charge on any atom is 0.330 e. The highest BCUT2D eigenvalue weighted by atomic mass is 28.4. The van der Waals surface area contributed by atoms with E-state index in [4.69, 9.17) is 61.1 Å². The highest BCUT2D eigenvalue weighted by Gasteiger charge is 2.50. The van der Waals surface area contributed by atoms with E-state index in [0.29, 0.717) is 91.3 Å². The summed E-state index contributed by atoms with van der Waals surface area (Å²) in [5, 5.41) is 0. The molecule has 81 heavy (non-hydrogen) atoms. The highest BCUT2D eigenvalue weighted by Crippen LogP contribution is 2.46. The van der Waals surface area contributed by atoms with Crippen LogP contribution in [0.3, 0.4) is 0 Å². The molecule has 0 amide bonds. The number of hydrogen-bond acceptors (Lipinski definition) is 14.